The first-order valence-corrected chi connectivity index (χ1v) is 18.2. The van der Waals surface area contributed by atoms with E-state index in [1.807, 2.05) is 58.6 Å². The van der Waals surface area contributed by atoms with Gasteiger partial charge in [-0.3, -0.25) is 24.8 Å². The third kappa shape index (κ3) is 6.36. The SMILES string of the molecule is CCc1c[nH]c2ncc(-c3cccc(N4CCCN(CCN5CCN(c6ccc7c(N8CCC(=O)NC8=O)cccc7c6)CC5)C4=O)c3)c(Cl)c12. The summed E-state index contributed by atoms with van der Waals surface area (Å²) in [5.74, 6) is -0.236. The lowest BCUT2D eigenvalue weighted by atomic mass is 10.0. The molecule has 2 N–H and O–H groups in total. The van der Waals surface area contributed by atoms with E-state index >= 15 is 0 Å². The normalized spacial score (nSPS) is 17.6. The smallest absolute Gasteiger partial charge is 0.328 e. The zero-order valence-electron chi connectivity index (χ0n) is 28.7. The molecule has 5 amide bonds. The minimum atomic E-state index is -0.373. The van der Waals surface area contributed by atoms with Crippen LogP contribution in [0.1, 0.15) is 25.3 Å². The average Bonchev–Trinajstić information content (AvgIpc) is 3.59. The molecule has 0 bridgehead atoms. The Balaban J connectivity index is 0.888. The van der Waals surface area contributed by atoms with E-state index < -0.39 is 0 Å². The summed E-state index contributed by atoms with van der Waals surface area (Å²) in [6.45, 7) is 9.02. The molecular weight excluding hydrogens is 664 g/mol. The van der Waals surface area contributed by atoms with Crippen LogP contribution in [0, 0.1) is 0 Å². The van der Waals surface area contributed by atoms with Crippen LogP contribution in [-0.2, 0) is 11.2 Å². The number of aromatic nitrogens is 2. The highest BCUT2D eigenvalue weighted by atomic mass is 35.5. The Labute approximate surface area is 301 Å². The number of H-pyrrole nitrogens is 1. The van der Waals surface area contributed by atoms with E-state index in [-0.39, 0.29) is 18.0 Å². The predicted octanol–water partition coefficient (Wildman–Crippen LogP) is 6.50. The molecule has 3 aliphatic heterocycles. The van der Waals surface area contributed by atoms with Gasteiger partial charge in [0.25, 0.3) is 0 Å². The zero-order valence-corrected chi connectivity index (χ0v) is 29.5. The molecule has 5 aromatic rings. The summed E-state index contributed by atoms with van der Waals surface area (Å²) in [4.78, 5) is 56.2. The first-order valence-electron chi connectivity index (χ1n) is 17.8. The maximum Gasteiger partial charge on any atom is 0.328 e. The van der Waals surface area contributed by atoms with Crippen LogP contribution in [0.15, 0.2) is 73.1 Å². The first kappa shape index (κ1) is 33.0. The Morgan fingerprint density at radius 3 is 2.51 bits per heavy atom. The number of anilines is 3. The summed E-state index contributed by atoms with van der Waals surface area (Å²) in [5.41, 5.74) is 6.56. The summed E-state index contributed by atoms with van der Waals surface area (Å²) >= 11 is 6.94. The van der Waals surface area contributed by atoms with Crippen molar-refractivity contribution in [1.29, 1.82) is 0 Å². The number of amides is 5. The van der Waals surface area contributed by atoms with E-state index in [1.54, 1.807) is 4.90 Å². The van der Waals surface area contributed by atoms with E-state index in [0.717, 1.165) is 108 Å². The second-order valence-electron chi connectivity index (χ2n) is 13.5. The van der Waals surface area contributed by atoms with Crippen molar-refractivity contribution >= 4 is 68.4 Å². The van der Waals surface area contributed by atoms with Gasteiger partial charge in [0.05, 0.1) is 10.7 Å². The number of fused-ring (bicyclic) bond motifs is 2. The summed E-state index contributed by atoms with van der Waals surface area (Å²) in [5, 5.41) is 6.11. The number of halogens is 1. The van der Waals surface area contributed by atoms with Crippen LogP contribution >= 0.6 is 11.6 Å². The Kier molecular flexibility index (Phi) is 8.99. The number of imide groups is 1. The number of urea groups is 2. The fourth-order valence-electron chi connectivity index (χ4n) is 7.64. The quantitative estimate of drug-likeness (QED) is 0.191. The highest BCUT2D eigenvalue weighted by molar-refractivity contribution is 6.38. The summed E-state index contributed by atoms with van der Waals surface area (Å²) in [6.07, 6.45) is 5.84. The number of hydrogen-bond donors (Lipinski definition) is 2. The van der Waals surface area contributed by atoms with E-state index in [9.17, 15) is 14.4 Å². The standard InChI is InChI=1S/C39H41ClN8O3/c1-2-26-24-41-37-35(26)36(40)32(25-42-37)28-6-3-8-30(23-28)47-14-5-13-46(39(47)51)21-18-44-16-19-45(20-17-44)29-10-11-31-27(22-29)7-4-9-33(31)48-15-12-34(49)43-38(48)50/h3-4,6-11,22-25H,2,5,12-21H2,1H3,(H,41,42)(H,43,49,50). The lowest BCUT2D eigenvalue weighted by Crippen LogP contribution is -2.53. The van der Waals surface area contributed by atoms with Gasteiger partial charge in [-0.2, -0.15) is 0 Å². The van der Waals surface area contributed by atoms with Crippen molar-refractivity contribution in [3.05, 3.63) is 83.6 Å². The number of aryl methyl sites for hydroxylation is 1. The Morgan fingerprint density at radius 1 is 0.843 bits per heavy atom. The largest absolute Gasteiger partial charge is 0.369 e. The van der Waals surface area contributed by atoms with Crippen LogP contribution < -0.4 is 20.0 Å². The highest BCUT2D eigenvalue weighted by Crippen LogP contribution is 2.37. The van der Waals surface area contributed by atoms with Gasteiger partial charge in [0.2, 0.25) is 5.91 Å². The fourth-order valence-corrected chi connectivity index (χ4v) is 8.01. The summed E-state index contributed by atoms with van der Waals surface area (Å²) in [6, 6.07) is 20.1. The van der Waals surface area contributed by atoms with Crippen LogP contribution in [0.5, 0.6) is 0 Å². The van der Waals surface area contributed by atoms with Crippen molar-refractivity contribution in [2.24, 2.45) is 0 Å². The molecular formula is C39H41ClN8O3. The third-order valence-corrected chi connectivity index (χ3v) is 10.9. The molecule has 3 aliphatic rings. The second-order valence-corrected chi connectivity index (χ2v) is 13.8. The Bertz CT molecular complexity index is 2140. The average molecular weight is 705 g/mol. The van der Waals surface area contributed by atoms with E-state index in [2.05, 4.69) is 56.3 Å². The predicted molar refractivity (Wildman–Crippen MR) is 203 cm³/mol. The van der Waals surface area contributed by atoms with Gasteiger partial charge < -0.3 is 14.8 Å². The molecule has 8 rings (SSSR count). The molecule has 12 heteroatoms. The molecule has 11 nitrogen and oxygen atoms in total. The Morgan fingerprint density at radius 2 is 1.69 bits per heavy atom. The van der Waals surface area contributed by atoms with E-state index in [1.165, 1.54) is 0 Å². The molecule has 0 unspecified atom stereocenters. The van der Waals surface area contributed by atoms with Gasteiger partial charge in [-0.25, -0.2) is 14.6 Å². The van der Waals surface area contributed by atoms with Crippen LogP contribution in [0.3, 0.4) is 0 Å². The lowest BCUT2D eigenvalue weighted by molar-refractivity contribution is -0.120. The molecule has 3 aromatic carbocycles. The number of piperazine rings is 1. The second kappa shape index (κ2) is 13.9. The molecule has 2 aromatic heterocycles. The van der Waals surface area contributed by atoms with Crippen LogP contribution in [0.4, 0.5) is 26.7 Å². The van der Waals surface area contributed by atoms with Gasteiger partial charge >= 0.3 is 12.1 Å². The van der Waals surface area contributed by atoms with Crippen molar-refractivity contribution in [3.63, 3.8) is 0 Å². The Hall–Kier alpha value is -5.13. The summed E-state index contributed by atoms with van der Waals surface area (Å²) in [7, 11) is 0. The van der Waals surface area contributed by atoms with Gasteiger partial charge in [-0.05, 0) is 59.7 Å². The molecule has 262 valence electrons. The molecule has 0 aliphatic carbocycles. The van der Waals surface area contributed by atoms with Crippen molar-refractivity contribution in [3.8, 4) is 11.1 Å². The van der Waals surface area contributed by atoms with Crippen LogP contribution in [0.2, 0.25) is 5.02 Å². The van der Waals surface area contributed by atoms with Crippen LogP contribution in [-0.4, -0.2) is 96.6 Å². The number of hydrogen-bond acceptors (Lipinski definition) is 6. The monoisotopic (exact) mass is 704 g/mol. The van der Waals surface area contributed by atoms with E-state index in [0.29, 0.717) is 31.1 Å². The van der Waals surface area contributed by atoms with Crippen molar-refractivity contribution in [1.82, 2.24) is 25.1 Å². The topological polar surface area (TPSA) is 108 Å². The van der Waals surface area contributed by atoms with Crippen molar-refractivity contribution in [2.45, 2.75) is 26.2 Å². The van der Waals surface area contributed by atoms with E-state index in [4.69, 9.17) is 11.6 Å². The summed E-state index contributed by atoms with van der Waals surface area (Å²) < 4.78 is 0. The minimum Gasteiger partial charge on any atom is -0.369 e. The first-order chi connectivity index (χ1) is 24.9. The van der Waals surface area contributed by atoms with Crippen LogP contribution in [0.25, 0.3) is 32.9 Å². The maximum atomic E-state index is 13.8. The van der Waals surface area contributed by atoms with Crippen molar-refractivity contribution in [2.75, 3.05) is 73.6 Å². The zero-order chi connectivity index (χ0) is 35.1. The number of benzene rings is 3. The molecule has 0 spiro atoms. The van der Waals surface area contributed by atoms with Gasteiger partial charge in [0, 0.05) is 105 Å². The third-order valence-electron chi connectivity index (χ3n) is 10.5. The molecule has 0 saturated carbocycles. The lowest BCUT2D eigenvalue weighted by Gasteiger charge is -2.39. The molecule has 3 fully saturated rings. The number of pyridine rings is 1. The fraction of sp³-hybridized carbons (Fsp3) is 0.333. The van der Waals surface area contributed by atoms with Gasteiger partial charge in [0.1, 0.15) is 5.65 Å². The number of aromatic amines is 1. The van der Waals surface area contributed by atoms with Gasteiger partial charge in [-0.15, -0.1) is 0 Å². The number of carbonyl (C=O) groups is 3. The number of carbonyl (C=O) groups excluding carboxylic acids is 3. The van der Waals surface area contributed by atoms with Crippen molar-refractivity contribution < 1.29 is 14.4 Å². The highest BCUT2D eigenvalue weighted by Gasteiger charge is 2.29. The number of nitrogens with zero attached hydrogens (tertiary/aromatic N) is 6. The number of rotatable bonds is 8. The van der Waals surface area contributed by atoms with Gasteiger partial charge in [0.15, 0.2) is 0 Å². The number of nitrogens with one attached hydrogen (secondary N) is 2. The molecule has 0 radical (unpaired) electrons. The maximum absolute atomic E-state index is 13.8. The minimum absolute atomic E-state index is 0.0415. The molecule has 3 saturated heterocycles. The molecule has 51 heavy (non-hydrogen) atoms. The molecule has 5 heterocycles. The van der Waals surface area contributed by atoms with Gasteiger partial charge in [-0.1, -0.05) is 48.9 Å². The molecule has 0 atom stereocenters.